The summed E-state index contributed by atoms with van der Waals surface area (Å²) in [4.78, 5) is 19.4. The van der Waals surface area contributed by atoms with Crippen molar-refractivity contribution in [2.45, 2.75) is 26.4 Å². The van der Waals surface area contributed by atoms with Crippen LogP contribution in [0, 0.1) is 0 Å². The molecular formula is C12H19N3O2S. The van der Waals surface area contributed by atoms with Crippen LogP contribution < -0.4 is 5.32 Å². The number of rotatable bonds is 5. The highest BCUT2D eigenvalue weighted by molar-refractivity contribution is 7.17. The molecule has 6 heteroatoms. The van der Waals surface area contributed by atoms with Crippen LogP contribution in [0.25, 0.3) is 0 Å². The van der Waals surface area contributed by atoms with Gasteiger partial charge in [0.05, 0.1) is 23.7 Å². The summed E-state index contributed by atoms with van der Waals surface area (Å²) in [5.41, 5.74) is 0.899. The zero-order chi connectivity index (χ0) is 13.1. The fraction of sp³-hybridized carbons (Fsp3) is 0.667. The number of anilines is 1. The molecule has 2 rings (SSSR count). The van der Waals surface area contributed by atoms with Crippen molar-refractivity contribution in [2.75, 3.05) is 32.1 Å². The number of nitrogens with zero attached hydrogens (tertiary/aromatic N) is 2. The van der Waals surface area contributed by atoms with Crippen LogP contribution in [-0.4, -0.2) is 48.5 Å². The van der Waals surface area contributed by atoms with Crippen molar-refractivity contribution in [3.63, 3.8) is 0 Å². The van der Waals surface area contributed by atoms with E-state index in [1.54, 1.807) is 7.11 Å². The van der Waals surface area contributed by atoms with Gasteiger partial charge in [-0.3, -0.25) is 9.69 Å². The van der Waals surface area contributed by atoms with Crippen LogP contribution in [0.1, 0.15) is 29.2 Å². The molecule has 0 radical (unpaired) electrons. The smallest absolute Gasteiger partial charge is 0.188 e. The van der Waals surface area contributed by atoms with Gasteiger partial charge in [-0.05, 0) is 13.8 Å². The minimum Gasteiger partial charge on any atom is -0.383 e. The molecule has 1 aliphatic rings. The molecule has 0 bridgehead atoms. The molecule has 2 heterocycles. The molecule has 0 spiro atoms. The van der Waals surface area contributed by atoms with Gasteiger partial charge in [0, 0.05) is 26.2 Å². The summed E-state index contributed by atoms with van der Waals surface area (Å²) in [7, 11) is 1.67. The van der Waals surface area contributed by atoms with E-state index in [-0.39, 0.29) is 5.78 Å². The highest BCUT2D eigenvalue weighted by Crippen LogP contribution is 2.28. The first-order valence-electron chi connectivity index (χ1n) is 6.11. The van der Waals surface area contributed by atoms with Crippen molar-refractivity contribution < 1.29 is 9.53 Å². The normalized spacial score (nSPS) is 16.1. The van der Waals surface area contributed by atoms with Crippen LogP contribution in [0.5, 0.6) is 0 Å². The van der Waals surface area contributed by atoms with Crippen molar-refractivity contribution in [2.24, 2.45) is 0 Å². The zero-order valence-electron chi connectivity index (χ0n) is 11.0. The van der Waals surface area contributed by atoms with E-state index in [2.05, 4.69) is 29.0 Å². The summed E-state index contributed by atoms with van der Waals surface area (Å²) >= 11 is 1.47. The number of thiazole rings is 1. The maximum atomic E-state index is 12.0. The van der Waals surface area contributed by atoms with Gasteiger partial charge in [0.1, 0.15) is 0 Å². The van der Waals surface area contributed by atoms with E-state index in [9.17, 15) is 4.79 Å². The molecule has 0 aliphatic carbocycles. The van der Waals surface area contributed by atoms with Gasteiger partial charge in [0.15, 0.2) is 10.9 Å². The number of hydrogen-bond donors (Lipinski definition) is 1. The minimum atomic E-state index is 0.168. The zero-order valence-corrected chi connectivity index (χ0v) is 11.8. The Morgan fingerprint density at radius 2 is 2.28 bits per heavy atom. The SMILES string of the molecule is COCCN1CC(=O)c2sc(NC(C)C)nc2C1. The molecule has 1 aromatic rings. The number of ketones is 1. The molecule has 0 atom stereocenters. The Hall–Kier alpha value is -0.980. The van der Waals surface area contributed by atoms with Gasteiger partial charge in [-0.2, -0.15) is 0 Å². The maximum absolute atomic E-state index is 12.0. The highest BCUT2D eigenvalue weighted by atomic mass is 32.1. The van der Waals surface area contributed by atoms with Gasteiger partial charge < -0.3 is 10.1 Å². The van der Waals surface area contributed by atoms with Gasteiger partial charge in [0.25, 0.3) is 0 Å². The second-order valence-electron chi connectivity index (χ2n) is 4.72. The first-order valence-corrected chi connectivity index (χ1v) is 6.92. The summed E-state index contributed by atoms with van der Waals surface area (Å²) in [6, 6.07) is 0.331. The average molecular weight is 269 g/mol. The van der Waals surface area contributed by atoms with Gasteiger partial charge in [-0.15, -0.1) is 0 Å². The molecule has 18 heavy (non-hydrogen) atoms. The number of nitrogens with one attached hydrogen (secondary N) is 1. The number of aromatic nitrogens is 1. The first-order chi connectivity index (χ1) is 8.60. The lowest BCUT2D eigenvalue weighted by Gasteiger charge is -2.24. The molecule has 0 unspecified atom stereocenters. The lowest BCUT2D eigenvalue weighted by Crippen LogP contribution is -2.36. The Morgan fingerprint density at radius 1 is 1.50 bits per heavy atom. The number of ether oxygens (including phenoxy) is 1. The van der Waals surface area contributed by atoms with Gasteiger partial charge in [-0.1, -0.05) is 11.3 Å². The largest absolute Gasteiger partial charge is 0.383 e. The summed E-state index contributed by atoms with van der Waals surface area (Å²) in [5.74, 6) is 0.168. The van der Waals surface area contributed by atoms with Crippen LogP contribution in [-0.2, 0) is 11.3 Å². The summed E-state index contributed by atoms with van der Waals surface area (Å²) in [5, 5.41) is 4.10. The molecular weight excluding hydrogens is 250 g/mol. The Kier molecular flexibility index (Phi) is 4.31. The van der Waals surface area contributed by atoms with Crippen LogP contribution in [0.2, 0.25) is 0 Å². The molecule has 0 amide bonds. The monoisotopic (exact) mass is 269 g/mol. The van der Waals surface area contributed by atoms with Crippen molar-refractivity contribution in [3.05, 3.63) is 10.6 Å². The number of methoxy groups -OCH3 is 1. The number of carbonyl (C=O) groups excluding carboxylic acids is 1. The third-order valence-corrected chi connectivity index (χ3v) is 3.78. The second kappa shape index (κ2) is 5.77. The lowest BCUT2D eigenvalue weighted by atomic mass is 10.1. The topological polar surface area (TPSA) is 54.5 Å². The molecule has 100 valence electrons. The second-order valence-corrected chi connectivity index (χ2v) is 5.72. The Labute approximate surface area is 111 Å². The van der Waals surface area contributed by atoms with Crippen LogP contribution in [0.3, 0.4) is 0 Å². The number of fused-ring (bicyclic) bond motifs is 1. The first kappa shape index (κ1) is 13.5. The molecule has 1 aliphatic heterocycles. The quantitative estimate of drug-likeness (QED) is 0.880. The van der Waals surface area contributed by atoms with Crippen molar-refractivity contribution in [1.82, 2.24) is 9.88 Å². The fourth-order valence-corrected chi connectivity index (χ4v) is 2.96. The van der Waals surface area contributed by atoms with Gasteiger partial charge in [-0.25, -0.2) is 4.98 Å². The number of carbonyl (C=O) groups is 1. The van der Waals surface area contributed by atoms with Crippen molar-refractivity contribution >= 4 is 22.3 Å². The molecule has 1 N–H and O–H groups in total. The fourth-order valence-electron chi connectivity index (χ4n) is 1.91. The third kappa shape index (κ3) is 3.07. The van der Waals surface area contributed by atoms with E-state index in [1.165, 1.54) is 11.3 Å². The average Bonchev–Trinajstić information content (AvgIpc) is 2.68. The van der Waals surface area contributed by atoms with Crippen molar-refractivity contribution in [1.29, 1.82) is 0 Å². The van der Waals surface area contributed by atoms with Crippen molar-refractivity contribution in [3.8, 4) is 0 Å². The highest BCUT2D eigenvalue weighted by Gasteiger charge is 2.27. The number of hydrogen-bond acceptors (Lipinski definition) is 6. The summed E-state index contributed by atoms with van der Waals surface area (Å²) in [6.45, 7) is 6.75. The van der Waals surface area contributed by atoms with E-state index in [4.69, 9.17) is 4.74 Å². The van der Waals surface area contributed by atoms with E-state index in [1.807, 2.05) is 0 Å². The van der Waals surface area contributed by atoms with E-state index < -0.39 is 0 Å². The Morgan fingerprint density at radius 3 is 2.94 bits per heavy atom. The standard InChI is InChI=1S/C12H19N3O2S/c1-8(2)13-12-14-9-6-15(4-5-17-3)7-10(16)11(9)18-12/h8H,4-7H2,1-3H3,(H,13,14). The predicted molar refractivity (Wildman–Crippen MR) is 72.4 cm³/mol. The molecule has 0 fully saturated rings. The Bertz CT molecular complexity index is 431. The van der Waals surface area contributed by atoms with E-state index in [0.717, 1.165) is 28.8 Å². The summed E-state index contributed by atoms with van der Waals surface area (Å²) < 4.78 is 5.04. The predicted octanol–water partition coefficient (Wildman–Crippen LogP) is 1.61. The molecule has 0 saturated carbocycles. The molecule has 0 aromatic carbocycles. The maximum Gasteiger partial charge on any atom is 0.188 e. The van der Waals surface area contributed by atoms with E-state index >= 15 is 0 Å². The van der Waals surface area contributed by atoms with Gasteiger partial charge in [0.2, 0.25) is 0 Å². The molecule has 0 saturated heterocycles. The minimum absolute atomic E-state index is 0.168. The Balaban J connectivity index is 2.09. The third-order valence-electron chi connectivity index (χ3n) is 2.71. The number of Topliss-reactive ketones (excluding diaryl/α,β-unsaturated/α-hetero) is 1. The van der Waals surface area contributed by atoms with E-state index in [0.29, 0.717) is 19.2 Å². The summed E-state index contributed by atoms with van der Waals surface area (Å²) in [6.07, 6.45) is 0. The molecule has 5 nitrogen and oxygen atoms in total. The van der Waals surface area contributed by atoms with Crippen LogP contribution >= 0.6 is 11.3 Å². The van der Waals surface area contributed by atoms with Crippen LogP contribution in [0.4, 0.5) is 5.13 Å². The molecule has 1 aromatic heterocycles. The van der Waals surface area contributed by atoms with Crippen LogP contribution in [0.15, 0.2) is 0 Å². The van der Waals surface area contributed by atoms with Gasteiger partial charge >= 0.3 is 0 Å². The lowest BCUT2D eigenvalue weighted by molar-refractivity contribution is 0.0859.